The quantitative estimate of drug-likeness (QED) is 0.548. The Bertz CT molecular complexity index is 642. The summed E-state index contributed by atoms with van der Waals surface area (Å²) >= 11 is 8.66. The van der Waals surface area contributed by atoms with Crippen LogP contribution in [0.3, 0.4) is 0 Å². The summed E-state index contributed by atoms with van der Waals surface area (Å²) in [7, 11) is 0. The molecule has 0 aromatic heterocycles. The Morgan fingerprint density at radius 1 is 1.10 bits per heavy atom. The second-order valence-electron chi connectivity index (χ2n) is 7.24. The van der Waals surface area contributed by atoms with Crippen LogP contribution in [0.1, 0.15) is 37.7 Å². The average Bonchev–Trinajstić information content (AvgIpc) is 2.59. The predicted molar refractivity (Wildman–Crippen MR) is 94.2 cm³/mol. The van der Waals surface area contributed by atoms with Gasteiger partial charge in [-0.25, -0.2) is 4.99 Å². The van der Waals surface area contributed by atoms with Gasteiger partial charge in [0.2, 0.25) is 0 Å². The molecule has 3 heterocycles. The van der Waals surface area contributed by atoms with Crippen LogP contribution in [0.15, 0.2) is 17.1 Å². The Hall–Kier alpha value is -0.290. The van der Waals surface area contributed by atoms with E-state index in [9.17, 15) is 0 Å². The molecule has 0 radical (unpaired) electrons. The van der Waals surface area contributed by atoms with E-state index in [0.717, 1.165) is 35.1 Å². The van der Waals surface area contributed by atoms with Crippen LogP contribution in [0.5, 0.6) is 0 Å². The maximum Gasteiger partial charge on any atom is 0.108 e. The van der Waals surface area contributed by atoms with Crippen molar-refractivity contribution in [3.63, 3.8) is 0 Å². The molecule has 2 saturated heterocycles. The lowest BCUT2D eigenvalue weighted by Crippen LogP contribution is -2.42. The minimum absolute atomic E-state index is 0.700. The molecule has 21 heavy (non-hydrogen) atoms. The third-order valence-electron chi connectivity index (χ3n) is 5.91. The van der Waals surface area contributed by atoms with Gasteiger partial charge in [0.15, 0.2) is 0 Å². The van der Waals surface area contributed by atoms with Crippen LogP contribution in [0, 0.1) is 21.3 Å². The number of hydrogen-bond donors (Lipinski definition) is 0. The van der Waals surface area contributed by atoms with Gasteiger partial charge >= 0.3 is 0 Å². The van der Waals surface area contributed by atoms with Crippen molar-refractivity contribution < 1.29 is 0 Å². The fourth-order valence-corrected chi connectivity index (χ4v) is 6.39. The van der Waals surface area contributed by atoms with E-state index in [1.54, 1.807) is 0 Å². The van der Waals surface area contributed by atoms with Crippen LogP contribution in [-0.2, 0) is 6.54 Å². The monoisotopic (exact) mass is 412 g/mol. The van der Waals surface area contributed by atoms with E-state index in [2.05, 4.69) is 39.6 Å². The van der Waals surface area contributed by atoms with Crippen LogP contribution in [0.25, 0.3) is 0 Å². The van der Waals surface area contributed by atoms with Gasteiger partial charge in [-0.05, 0) is 78.7 Å². The van der Waals surface area contributed by atoms with E-state index in [0.29, 0.717) is 5.92 Å². The summed E-state index contributed by atoms with van der Waals surface area (Å²) in [5.74, 6) is 3.99. The first-order valence-electron chi connectivity index (χ1n) is 8.00. The normalized spacial score (nSPS) is 36.1. The van der Waals surface area contributed by atoms with Crippen molar-refractivity contribution in [2.45, 2.75) is 44.7 Å². The van der Waals surface area contributed by atoms with E-state index in [-0.39, 0.29) is 0 Å². The molecule has 4 bridgehead atoms. The average molecular weight is 413 g/mol. The molecular formula is C17H18ClIN2. The van der Waals surface area contributed by atoms with Gasteiger partial charge < -0.3 is 4.90 Å². The van der Waals surface area contributed by atoms with Gasteiger partial charge in [0.05, 0.1) is 5.69 Å². The van der Waals surface area contributed by atoms with Crippen LogP contribution < -0.4 is 0 Å². The van der Waals surface area contributed by atoms with E-state index >= 15 is 0 Å². The lowest BCUT2D eigenvalue weighted by atomic mass is 9.68. The van der Waals surface area contributed by atoms with E-state index in [4.69, 9.17) is 16.6 Å². The largest absolute Gasteiger partial charge is 0.352 e. The molecular weight excluding hydrogens is 395 g/mol. The second-order valence-corrected chi connectivity index (χ2v) is 8.84. The van der Waals surface area contributed by atoms with E-state index < -0.39 is 0 Å². The summed E-state index contributed by atoms with van der Waals surface area (Å²) in [4.78, 5) is 7.76. The van der Waals surface area contributed by atoms with Gasteiger partial charge in [0.1, 0.15) is 5.84 Å². The maximum absolute atomic E-state index is 6.24. The summed E-state index contributed by atoms with van der Waals surface area (Å²) in [6.45, 7) is 1.05. The van der Waals surface area contributed by atoms with Crippen molar-refractivity contribution in [2.75, 3.05) is 0 Å². The number of halogens is 2. The fourth-order valence-electron chi connectivity index (χ4n) is 5.21. The molecule has 0 N–H and O–H groups in total. The summed E-state index contributed by atoms with van der Waals surface area (Å²) in [6.07, 6.45) is 7.01. The van der Waals surface area contributed by atoms with Crippen molar-refractivity contribution in [2.24, 2.45) is 22.7 Å². The van der Waals surface area contributed by atoms with Crippen molar-refractivity contribution in [1.29, 1.82) is 0 Å². The first-order valence-corrected chi connectivity index (χ1v) is 9.46. The highest BCUT2D eigenvalue weighted by Gasteiger charge is 2.46. The van der Waals surface area contributed by atoms with Crippen molar-refractivity contribution in [3.8, 4) is 0 Å². The minimum atomic E-state index is 0.700. The standard InChI is InChI=1S/C17H18ClIN2/c18-12-6-15(19)14-8-21-13-4-9-1-10(5-13)3-11(2-9)17(21)20-16(14)7-12/h6-7,9-11,13H,1-5,8H2. The third kappa shape index (κ3) is 1.99. The molecule has 4 heteroatoms. The molecule has 2 saturated carbocycles. The highest BCUT2D eigenvalue weighted by molar-refractivity contribution is 14.1. The van der Waals surface area contributed by atoms with Gasteiger partial charge in [-0.3, -0.25) is 0 Å². The highest BCUT2D eigenvalue weighted by Crippen LogP contribution is 2.50. The highest BCUT2D eigenvalue weighted by atomic mass is 127. The van der Waals surface area contributed by atoms with Gasteiger partial charge in [-0.15, -0.1) is 0 Å². The Kier molecular flexibility index (Phi) is 2.89. The maximum atomic E-state index is 6.24. The van der Waals surface area contributed by atoms with Crippen LogP contribution in [0.2, 0.25) is 5.02 Å². The van der Waals surface area contributed by atoms with Gasteiger partial charge in [-0.2, -0.15) is 0 Å². The number of amidine groups is 1. The molecule has 5 aliphatic rings. The third-order valence-corrected chi connectivity index (χ3v) is 7.09. The zero-order valence-electron chi connectivity index (χ0n) is 11.9. The number of aliphatic imine (C=N–C) groups is 1. The molecule has 0 amide bonds. The Morgan fingerprint density at radius 2 is 1.86 bits per heavy atom. The molecule has 4 fully saturated rings. The summed E-state index contributed by atoms with van der Waals surface area (Å²) in [5, 5.41) is 0.815. The molecule has 110 valence electrons. The number of rotatable bonds is 0. The van der Waals surface area contributed by atoms with E-state index in [1.165, 1.54) is 47.1 Å². The molecule has 1 aromatic carbocycles. The Morgan fingerprint density at radius 3 is 2.62 bits per heavy atom. The molecule has 0 spiro atoms. The number of fused-ring (bicyclic) bond motifs is 1. The summed E-state index contributed by atoms with van der Waals surface area (Å²) in [5.41, 5.74) is 2.50. The Labute approximate surface area is 144 Å². The summed E-state index contributed by atoms with van der Waals surface area (Å²) < 4.78 is 1.27. The molecule has 6 rings (SSSR count). The molecule has 3 aliphatic heterocycles. The Balaban J connectivity index is 1.66. The van der Waals surface area contributed by atoms with Gasteiger partial charge in [0, 0.05) is 32.7 Å². The molecule has 2 atom stereocenters. The van der Waals surface area contributed by atoms with Crippen LogP contribution in [-0.4, -0.2) is 16.8 Å². The smallest absolute Gasteiger partial charge is 0.108 e. The number of benzene rings is 1. The molecule has 2 nitrogen and oxygen atoms in total. The van der Waals surface area contributed by atoms with Gasteiger partial charge in [0.25, 0.3) is 0 Å². The van der Waals surface area contributed by atoms with Crippen molar-refractivity contribution in [3.05, 3.63) is 26.3 Å². The zero-order chi connectivity index (χ0) is 14.1. The zero-order valence-corrected chi connectivity index (χ0v) is 14.8. The van der Waals surface area contributed by atoms with Crippen molar-refractivity contribution >= 4 is 45.7 Å². The summed E-state index contributed by atoms with van der Waals surface area (Å²) in [6, 6.07) is 4.86. The lowest BCUT2D eigenvalue weighted by molar-refractivity contribution is 0.128. The number of nitrogens with zero attached hydrogens (tertiary/aromatic N) is 2. The molecule has 1 aromatic rings. The minimum Gasteiger partial charge on any atom is -0.352 e. The molecule has 2 aliphatic carbocycles. The predicted octanol–water partition coefficient (Wildman–Crippen LogP) is 5.00. The SMILES string of the molecule is Clc1cc(I)c2c(c1)N=C1C3CC4CC(C3)CC(C4)N1C2. The first-order chi connectivity index (χ1) is 10.2. The van der Waals surface area contributed by atoms with Gasteiger partial charge in [-0.1, -0.05) is 11.6 Å². The first kappa shape index (κ1) is 13.2. The lowest BCUT2D eigenvalue weighted by Gasteiger charge is -2.39. The number of hydrogen-bond acceptors (Lipinski definition) is 2. The van der Waals surface area contributed by atoms with Crippen LogP contribution in [0.4, 0.5) is 5.69 Å². The van der Waals surface area contributed by atoms with Crippen molar-refractivity contribution in [1.82, 2.24) is 4.90 Å². The van der Waals surface area contributed by atoms with Crippen LogP contribution >= 0.6 is 34.2 Å². The second kappa shape index (κ2) is 4.60. The molecule has 2 unspecified atom stereocenters. The topological polar surface area (TPSA) is 15.6 Å². The fraction of sp³-hybridized carbons (Fsp3) is 0.588. The van der Waals surface area contributed by atoms with E-state index in [1.807, 2.05) is 0 Å².